The quantitative estimate of drug-likeness (QED) is 0.250. The molecule has 0 spiro atoms. The molecule has 0 aliphatic rings. The highest BCUT2D eigenvalue weighted by Gasteiger charge is 2.34. The molecule has 3 rings (SSSR count). The molecule has 0 unspecified atom stereocenters. The Kier molecular flexibility index (Phi) is 6.59. The molecule has 0 saturated heterocycles. The van der Waals surface area contributed by atoms with Gasteiger partial charge in [0, 0.05) is 12.4 Å². The van der Waals surface area contributed by atoms with E-state index in [1.165, 1.54) is 17.3 Å². The molecule has 4 N–H and O–H groups in total. The molecular formula is C17H18F3N7O5S. The van der Waals surface area contributed by atoms with Crippen molar-refractivity contribution in [3.8, 4) is 5.75 Å². The van der Waals surface area contributed by atoms with Crippen molar-refractivity contribution in [3.05, 3.63) is 42.1 Å². The number of rotatable bonds is 7. The van der Waals surface area contributed by atoms with E-state index in [1.807, 2.05) is 0 Å². The minimum atomic E-state index is -4.71. The SMILES string of the molecule is CN(CS(=O)(=O)O)C(N)=NC(=O)c1cc2c(C(F)(F)F)ccc(OCCn3cncn3)c2[nH]1. The number of nitrogens with one attached hydrogen (secondary N) is 1. The van der Waals surface area contributed by atoms with E-state index in [0.717, 1.165) is 30.1 Å². The molecule has 2 aromatic heterocycles. The lowest BCUT2D eigenvalue weighted by Crippen LogP contribution is -2.38. The number of aliphatic imine (C=N–C) groups is 1. The number of carbonyl (C=O) groups excluding carboxylic acids is 1. The van der Waals surface area contributed by atoms with E-state index in [4.69, 9.17) is 15.0 Å². The first kappa shape index (κ1) is 24.0. The summed E-state index contributed by atoms with van der Waals surface area (Å²) in [5.74, 6) is -2.52. The van der Waals surface area contributed by atoms with Crippen LogP contribution >= 0.6 is 0 Å². The maximum atomic E-state index is 13.5. The van der Waals surface area contributed by atoms with Crippen LogP contribution in [0.25, 0.3) is 10.9 Å². The van der Waals surface area contributed by atoms with Crippen LogP contribution in [0.4, 0.5) is 13.2 Å². The smallest absolute Gasteiger partial charge is 0.417 e. The predicted molar refractivity (Wildman–Crippen MR) is 109 cm³/mol. The number of nitrogens with zero attached hydrogens (tertiary/aromatic N) is 5. The predicted octanol–water partition coefficient (Wildman–Crippen LogP) is 1.09. The van der Waals surface area contributed by atoms with Crippen LogP contribution in [0.15, 0.2) is 35.8 Å². The van der Waals surface area contributed by atoms with Crippen LogP contribution in [0.2, 0.25) is 0 Å². The van der Waals surface area contributed by atoms with Crippen molar-refractivity contribution >= 4 is 32.9 Å². The van der Waals surface area contributed by atoms with Gasteiger partial charge in [-0.25, -0.2) is 9.67 Å². The topological polar surface area (TPSA) is 169 Å². The summed E-state index contributed by atoms with van der Waals surface area (Å²) in [4.78, 5) is 23.0. The van der Waals surface area contributed by atoms with E-state index < -0.39 is 39.6 Å². The van der Waals surface area contributed by atoms with Crippen LogP contribution in [-0.4, -0.2) is 69.0 Å². The fourth-order valence-corrected chi connectivity index (χ4v) is 3.46. The summed E-state index contributed by atoms with van der Waals surface area (Å²) >= 11 is 0. The minimum absolute atomic E-state index is 0.0532. The van der Waals surface area contributed by atoms with E-state index in [9.17, 15) is 26.4 Å². The van der Waals surface area contributed by atoms with E-state index in [-0.39, 0.29) is 35.5 Å². The number of benzene rings is 1. The number of fused-ring (bicyclic) bond motifs is 1. The van der Waals surface area contributed by atoms with E-state index in [2.05, 4.69) is 20.1 Å². The fourth-order valence-electron chi connectivity index (χ4n) is 2.83. The molecule has 1 aromatic carbocycles. The number of aromatic nitrogens is 4. The molecule has 0 aliphatic heterocycles. The molecule has 0 atom stereocenters. The van der Waals surface area contributed by atoms with Crippen LogP contribution in [0.5, 0.6) is 5.75 Å². The van der Waals surface area contributed by atoms with Crippen LogP contribution in [0, 0.1) is 0 Å². The number of nitrogens with two attached hydrogens (primary N) is 1. The summed E-state index contributed by atoms with van der Waals surface area (Å²) in [6, 6.07) is 2.89. The number of alkyl halides is 3. The number of hydrogen-bond acceptors (Lipinski definition) is 6. The van der Waals surface area contributed by atoms with Gasteiger partial charge in [-0.3, -0.25) is 9.35 Å². The van der Waals surface area contributed by atoms with Gasteiger partial charge in [0.25, 0.3) is 16.0 Å². The van der Waals surface area contributed by atoms with Crippen LogP contribution < -0.4 is 10.5 Å². The van der Waals surface area contributed by atoms with Gasteiger partial charge in [-0.2, -0.15) is 31.7 Å². The summed E-state index contributed by atoms with van der Waals surface area (Å²) < 4.78 is 78.2. The number of aromatic amines is 1. The highest BCUT2D eigenvalue weighted by Crippen LogP contribution is 2.38. The summed E-state index contributed by atoms with van der Waals surface area (Å²) in [6.45, 7) is 0.327. The third kappa shape index (κ3) is 5.98. The van der Waals surface area contributed by atoms with Gasteiger partial charge in [0.1, 0.15) is 36.6 Å². The largest absolute Gasteiger partial charge is 0.489 e. The first-order chi connectivity index (χ1) is 15.3. The van der Waals surface area contributed by atoms with Crippen molar-refractivity contribution in [1.82, 2.24) is 24.6 Å². The monoisotopic (exact) mass is 489 g/mol. The lowest BCUT2D eigenvalue weighted by Gasteiger charge is -2.14. The maximum Gasteiger partial charge on any atom is 0.417 e. The summed E-state index contributed by atoms with van der Waals surface area (Å²) in [7, 11) is -3.30. The van der Waals surface area contributed by atoms with Crippen molar-refractivity contribution in [1.29, 1.82) is 0 Å². The molecule has 2 heterocycles. The second kappa shape index (κ2) is 9.07. The molecule has 0 aliphatic carbocycles. The molecule has 16 heteroatoms. The zero-order valence-corrected chi connectivity index (χ0v) is 17.8. The van der Waals surface area contributed by atoms with Gasteiger partial charge in [-0.05, 0) is 18.2 Å². The Bertz CT molecular complexity index is 1290. The fraction of sp³-hybridized carbons (Fsp3) is 0.294. The van der Waals surface area contributed by atoms with E-state index >= 15 is 0 Å². The number of amides is 1. The standard InChI is InChI=1S/C17H18F3N7O5S/c1-26(9-33(29,30)31)16(21)25-15(28)12-6-10-11(17(18,19)20)2-3-13(14(10)24-12)32-5-4-27-8-22-7-23-27/h2-3,6-8,24H,4-5,9H2,1H3,(H2,21,25,28)(H,29,30,31). The molecule has 1 amide bonds. The summed E-state index contributed by atoms with van der Waals surface area (Å²) in [6.07, 6.45) is -1.95. The van der Waals surface area contributed by atoms with Gasteiger partial charge in [-0.1, -0.05) is 0 Å². The third-order valence-corrected chi connectivity index (χ3v) is 5.01. The van der Waals surface area contributed by atoms with Crippen molar-refractivity contribution < 1.29 is 35.7 Å². The highest BCUT2D eigenvalue weighted by atomic mass is 32.2. The van der Waals surface area contributed by atoms with Crippen molar-refractivity contribution in [2.24, 2.45) is 10.7 Å². The van der Waals surface area contributed by atoms with Gasteiger partial charge < -0.3 is 20.4 Å². The number of halogens is 3. The molecule has 178 valence electrons. The molecule has 0 radical (unpaired) electrons. The number of carbonyl (C=O) groups is 1. The first-order valence-corrected chi connectivity index (χ1v) is 10.7. The number of guanidine groups is 1. The van der Waals surface area contributed by atoms with E-state index in [1.54, 1.807) is 0 Å². The molecular weight excluding hydrogens is 471 g/mol. The third-order valence-electron chi connectivity index (χ3n) is 4.30. The zero-order chi connectivity index (χ0) is 24.4. The average molecular weight is 489 g/mol. The molecule has 12 nitrogen and oxygen atoms in total. The molecule has 3 aromatic rings. The molecule has 33 heavy (non-hydrogen) atoms. The van der Waals surface area contributed by atoms with Crippen molar-refractivity contribution in [2.45, 2.75) is 12.7 Å². The highest BCUT2D eigenvalue weighted by molar-refractivity contribution is 7.85. The first-order valence-electron chi connectivity index (χ1n) is 9.08. The Balaban J connectivity index is 1.92. The summed E-state index contributed by atoms with van der Waals surface area (Å²) in [5, 5.41) is 3.56. The molecule has 0 bridgehead atoms. The Labute approximate surface area is 184 Å². The Morgan fingerprint density at radius 1 is 1.39 bits per heavy atom. The van der Waals surface area contributed by atoms with Gasteiger partial charge in [0.15, 0.2) is 5.96 Å². The maximum absolute atomic E-state index is 13.5. The van der Waals surface area contributed by atoms with E-state index in [0.29, 0.717) is 0 Å². The number of ether oxygens (including phenoxy) is 1. The van der Waals surface area contributed by atoms with Gasteiger partial charge in [0.2, 0.25) is 0 Å². The number of H-pyrrole nitrogens is 1. The second-order valence-corrected chi connectivity index (χ2v) is 8.19. The van der Waals surface area contributed by atoms with Crippen LogP contribution in [0.3, 0.4) is 0 Å². The minimum Gasteiger partial charge on any atom is -0.489 e. The second-order valence-electron chi connectivity index (χ2n) is 6.77. The van der Waals surface area contributed by atoms with Gasteiger partial charge in [0.05, 0.1) is 17.6 Å². The van der Waals surface area contributed by atoms with Crippen molar-refractivity contribution in [3.63, 3.8) is 0 Å². The normalized spacial score (nSPS) is 12.8. The van der Waals surface area contributed by atoms with Crippen molar-refractivity contribution in [2.75, 3.05) is 19.5 Å². The average Bonchev–Trinajstić information content (AvgIpc) is 3.35. The van der Waals surface area contributed by atoms with Gasteiger partial charge >= 0.3 is 6.18 Å². The lowest BCUT2D eigenvalue weighted by molar-refractivity contribution is -0.136. The molecule has 0 fully saturated rings. The summed E-state index contributed by atoms with van der Waals surface area (Å²) in [5.41, 5.74) is 4.11. The Morgan fingerprint density at radius 3 is 2.73 bits per heavy atom. The number of hydrogen-bond donors (Lipinski definition) is 3. The zero-order valence-electron chi connectivity index (χ0n) is 16.9. The Morgan fingerprint density at radius 2 is 2.12 bits per heavy atom. The van der Waals surface area contributed by atoms with Crippen LogP contribution in [-0.2, 0) is 22.8 Å². The Hall–Kier alpha value is -3.66. The van der Waals surface area contributed by atoms with Gasteiger partial charge in [-0.15, -0.1) is 0 Å². The molecule has 0 saturated carbocycles. The lowest BCUT2D eigenvalue weighted by atomic mass is 10.1. The van der Waals surface area contributed by atoms with Crippen LogP contribution in [0.1, 0.15) is 16.1 Å².